The molecule has 1 aromatic carbocycles. The molecule has 0 spiro atoms. The zero-order valence-corrected chi connectivity index (χ0v) is 8.92. The van der Waals surface area contributed by atoms with Crippen LogP contribution in [0.5, 0.6) is 0 Å². The van der Waals surface area contributed by atoms with Crippen LogP contribution in [0.2, 0.25) is 0 Å². The van der Waals surface area contributed by atoms with E-state index in [0.29, 0.717) is 6.54 Å². The van der Waals surface area contributed by atoms with Crippen molar-refractivity contribution in [1.82, 2.24) is 5.32 Å². The van der Waals surface area contributed by atoms with Crippen LogP contribution in [0, 0.1) is 6.92 Å². The molecule has 0 atom stereocenters. The van der Waals surface area contributed by atoms with E-state index in [2.05, 4.69) is 18.0 Å². The molecule has 0 saturated heterocycles. The predicted molar refractivity (Wildman–Crippen MR) is 61.2 cm³/mol. The van der Waals surface area contributed by atoms with E-state index in [-0.39, 0.29) is 11.6 Å². The molecule has 0 saturated carbocycles. The van der Waals surface area contributed by atoms with Gasteiger partial charge in [-0.1, -0.05) is 36.4 Å². The van der Waals surface area contributed by atoms with Gasteiger partial charge in [0.1, 0.15) is 0 Å². The first-order chi connectivity index (χ1) is 7.09. The van der Waals surface area contributed by atoms with Crippen molar-refractivity contribution < 1.29 is 4.79 Å². The monoisotopic (exact) mass is 204 g/mol. The summed E-state index contributed by atoms with van der Waals surface area (Å²) in [6.45, 7) is 5.99. The summed E-state index contributed by atoms with van der Waals surface area (Å²) in [5.74, 6) is -0.289. The summed E-state index contributed by atoms with van der Waals surface area (Å²) in [5.41, 5.74) is 7.72. The largest absolute Gasteiger partial charge is 0.395 e. The molecular weight excluding hydrogens is 188 g/mol. The highest BCUT2D eigenvalue weighted by Gasteiger charge is 2.00. The number of aryl methyl sites for hydroxylation is 1. The minimum absolute atomic E-state index is 0.0549. The maximum Gasteiger partial charge on any atom is 0.266 e. The first kappa shape index (κ1) is 11.3. The average molecular weight is 204 g/mol. The van der Waals surface area contributed by atoms with Crippen molar-refractivity contribution in [3.63, 3.8) is 0 Å². The number of carbonyl (C=O) groups is 1. The van der Waals surface area contributed by atoms with Gasteiger partial charge in [-0.3, -0.25) is 4.79 Å². The van der Waals surface area contributed by atoms with Crippen molar-refractivity contribution in [2.24, 2.45) is 5.73 Å². The molecule has 15 heavy (non-hydrogen) atoms. The van der Waals surface area contributed by atoms with Crippen molar-refractivity contribution in [2.45, 2.75) is 13.3 Å². The fourth-order valence-electron chi connectivity index (χ4n) is 1.30. The van der Waals surface area contributed by atoms with E-state index in [0.717, 1.165) is 6.42 Å². The van der Waals surface area contributed by atoms with Crippen LogP contribution in [0.15, 0.2) is 36.5 Å². The molecule has 3 heteroatoms. The van der Waals surface area contributed by atoms with E-state index >= 15 is 0 Å². The van der Waals surface area contributed by atoms with Crippen LogP contribution < -0.4 is 11.1 Å². The highest BCUT2D eigenvalue weighted by Crippen LogP contribution is 2.03. The molecule has 0 aliphatic rings. The second-order valence-corrected chi connectivity index (χ2v) is 3.52. The predicted octanol–water partition coefficient (Wildman–Crippen LogP) is 1.13. The second kappa shape index (κ2) is 5.20. The van der Waals surface area contributed by atoms with Crippen molar-refractivity contribution in [1.29, 1.82) is 0 Å². The van der Waals surface area contributed by atoms with Crippen LogP contribution in [0.25, 0.3) is 0 Å². The lowest BCUT2D eigenvalue weighted by molar-refractivity contribution is -0.117. The first-order valence-corrected chi connectivity index (χ1v) is 4.87. The van der Waals surface area contributed by atoms with Gasteiger partial charge in [-0.05, 0) is 18.9 Å². The lowest BCUT2D eigenvalue weighted by Crippen LogP contribution is -2.29. The molecule has 0 bridgehead atoms. The van der Waals surface area contributed by atoms with Gasteiger partial charge in [-0.25, -0.2) is 0 Å². The summed E-state index contributed by atoms with van der Waals surface area (Å²) in [6, 6.07) is 8.19. The number of nitrogens with two attached hydrogens (primary N) is 1. The Kier molecular flexibility index (Phi) is 3.92. The Hall–Kier alpha value is -1.77. The zero-order valence-electron chi connectivity index (χ0n) is 8.92. The summed E-state index contributed by atoms with van der Waals surface area (Å²) in [6.07, 6.45) is 0.806. The lowest BCUT2D eigenvalue weighted by Gasteiger charge is -2.05. The van der Waals surface area contributed by atoms with E-state index in [1.165, 1.54) is 11.1 Å². The quantitative estimate of drug-likeness (QED) is 0.722. The Bertz CT molecular complexity index is 372. The van der Waals surface area contributed by atoms with Crippen molar-refractivity contribution in [3.8, 4) is 0 Å². The molecule has 1 amide bonds. The van der Waals surface area contributed by atoms with Gasteiger partial charge in [0.2, 0.25) is 0 Å². The van der Waals surface area contributed by atoms with E-state index < -0.39 is 0 Å². The average Bonchev–Trinajstić information content (AvgIpc) is 2.17. The van der Waals surface area contributed by atoms with E-state index in [9.17, 15) is 4.79 Å². The molecule has 0 fully saturated rings. The van der Waals surface area contributed by atoms with Crippen molar-refractivity contribution in [2.75, 3.05) is 6.54 Å². The van der Waals surface area contributed by atoms with Gasteiger partial charge in [0.25, 0.3) is 5.91 Å². The van der Waals surface area contributed by atoms with Gasteiger partial charge in [0.15, 0.2) is 0 Å². The Labute approximate surface area is 90.0 Å². The molecule has 0 heterocycles. The molecule has 1 rings (SSSR count). The van der Waals surface area contributed by atoms with Crippen LogP contribution >= 0.6 is 0 Å². The lowest BCUT2D eigenvalue weighted by atomic mass is 10.1. The number of rotatable bonds is 4. The van der Waals surface area contributed by atoms with Crippen molar-refractivity contribution in [3.05, 3.63) is 47.7 Å². The molecule has 0 aliphatic carbocycles. The van der Waals surface area contributed by atoms with E-state index in [1.54, 1.807) is 0 Å². The summed E-state index contributed by atoms with van der Waals surface area (Å²) in [5, 5.41) is 2.69. The Morgan fingerprint density at radius 2 is 2.27 bits per heavy atom. The van der Waals surface area contributed by atoms with Gasteiger partial charge in [0.05, 0.1) is 5.70 Å². The summed E-state index contributed by atoms with van der Waals surface area (Å²) < 4.78 is 0. The van der Waals surface area contributed by atoms with Crippen LogP contribution in [0.3, 0.4) is 0 Å². The van der Waals surface area contributed by atoms with Gasteiger partial charge >= 0.3 is 0 Å². The number of benzene rings is 1. The fourth-order valence-corrected chi connectivity index (χ4v) is 1.30. The number of hydrogen-bond donors (Lipinski definition) is 2. The minimum Gasteiger partial charge on any atom is -0.395 e. The van der Waals surface area contributed by atoms with Gasteiger partial charge in [0, 0.05) is 6.54 Å². The van der Waals surface area contributed by atoms with Crippen molar-refractivity contribution >= 4 is 5.91 Å². The molecule has 0 aromatic heterocycles. The third-order valence-electron chi connectivity index (χ3n) is 2.07. The highest BCUT2D eigenvalue weighted by atomic mass is 16.1. The summed E-state index contributed by atoms with van der Waals surface area (Å²) in [7, 11) is 0. The highest BCUT2D eigenvalue weighted by molar-refractivity contribution is 5.91. The molecule has 80 valence electrons. The van der Waals surface area contributed by atoms with Crippen LogP contribution in [-0.4, -0.2) is 12.5 Å². The maximum atomic E-state index is 11.1. The SMILES string of the molecule is C=C(N)C(=O)NCCc1cccc(C)c1. The third-order valence-corrected chi connectivity index (χ3v) is 2.07. The molecule has 3 N–H and O–H groups in total. The van der Waals surface area contributed by atoms with E-state index in [1.807, 2.05) is 25.1 Å². The number of amides is 1. The standard InChI is InChI=1S/C12H16N2O/c1-9-4-3-5-11(8-9)6-7-14-12(15)10(2)13/h3-5,8H,2,6-7,13H2,1H3,(H,14,15). The van der Waals surface area contributed by atoms with Crippen LogP contribution in [0.1, 0.15) is 11.1 Å². The molecule has 1 aromatic rings. The topological polar surface area (TPSA) is 55.1 Å². The minimum atomic E-state index is -0.289. The molecular formula is C12H16N2O. The van der Waals surface area contributed by atoms with Crippen LogP contribution in [-0.2, 0) is 11.2 Å². The van der Waals surface area contributed by atoms with Gasteiger partial charge in [-0.2, -0.15) is 0 Å². The van der Waals surface area contributed by atoms with Crippen LogP contribution in [0.4, 0.5) is 0 Å². The summed E-state index contributed by atoms with van der Waals surface area (Å²) >= 11 is 0. The molecule has 3 nitrogen and oxygen atoms in total. The number of nitrogens with one attached hydrogen (secondary N) is 1. The Morgan fingerprint density at radius 3 is 2.87 bits per heavy atom. The van der Waals surface area contributed by atoms with Gasteiger partial charge in [-0.15, -0.1) is 0 Å². The number of carbonyl (C=O) groups excluding carboxylic acids is 1. The zero-order chi connectivity index (χ0) is 11.3. The molecule has 0 radical (unpaired) electrons. The molecule has 0 unspecified atom stereocenters. The first-order valence-electron chi connectivity index (χ1n) is 4.87. The molecule has 0 aliphatic heterocycles. The fraction of sp³-hybridized carbons (Fsp3) is 0.250. The maximum absolute atomic E-state index is 11.1. The van der Waals surface area contributed by atoms with Gasteiger partial charge < -0.3 is 11.1 Å². The second-order valence-electron chi connectivity index (χ2n) is 3.52. The Morgan fingerprint density at radius 1 is 1.53 bits per heavy atom. The summed E-state index contributed by atoms with van der Waals surface area (Å²) in [4.78, 5) is 11.1. The smallest absolute Gasteiger partial charge is 0.266 e. The number of hydrogen-bond acceptors (Lipinski definition) is 2. The third kappa shape index (κ3) is 3.85. The normalized spacial score (nSPS) is 9.67. The van der Waals surface area contributed by atoms with E-state index in [4.69, 9.17) is 5.73 Å². The Balaban J connectivity index is 2.38.